The highest BCUT2D eigenvalue weighted by Crippen LogP contribution is 2.35. The van der Waals surface area contributed by atoms with Crippen molar-refractivity contribution in [3.05, 3.63) is 47.2 Å². The van der Waals surface area contributed by atoms with Gasteiger partial charge >= 0.3 is 5.97 Å². The molecule has 2 aliphatic heterocycles. The van der Waals surface area contributed by atoms with Gasteiger partial charge in [-0.05, 0) is 61.4 Å². The van der Waals surface area contributed by atoms with E-state index in [1.807, 2.05) is 12.1 Å². The molecule has 0 radical (unpaired) electrons. The summed E-state index contributed by atoms with van der Waals surface area (Å²) >= 11 is 0. The van der Waals surface area contributed by atoms with Gasteiger partial charge < -0.3 is 24.3 Å². The van der Waals surface area contributed by atoms with E-state index in [0.717, 1.165) is 36.5 Å². The molecule has 1 N–H and O–H groups in total. The number of fused-ring (bicyclic) bond motifs is 1. The molecule has 0 bridgehead atoms. The molecule has 1 saturated heterocycles. The minimum Gasteiger partial charge on any atom is -0.491 e. The number of hydrogen-bond donors (Lipinski definition) is 1. The number of esters is 1. The van der Waals surface area contributed by atoms with Crippen LogP contribution in [0.4, 0.5) is 14.6 Å². The molecule has 1 aromatic carbocycles. The number of ether oxygens (including phenoxy) is 4. The number of aromatic nitrogens is 1. The number of pyridine rings is 1. The van der Waals surface area contributed by atoms with E-state index in [-0.39, 0.29) is 31.5 Å². The van der Waals surface area contributed by atoms with Gasteiger partial charge in [0.15, 0.2) is 0 Å². The Labute approximate surface area is 235 Å². The number of anilines is 1. The summed E-state index contributed by atoms with van der Waals surface area (Å²) in [5.41, 5.74) is 1.58. The van der Waals surface area contributed by atoms with Crippen LogP contribution in [0.25, 0.3) is 0 Å². The number of rotatable bonds is 15. The Morgan fingerprint density at radius 2 is 1.95 bits per heavy atom. The van der Waals surface area contributed by atoms with Crippen molar-refractivity contribution in [3.63, 3.8) is 0 Å². The Morgan fingerprint density at radius 3 is 2.70 bits per heavy atom. The molecular weight excluding hydrogens is 520 g/mol. The third kappa shape index (κ3) is 8.51. The molecule has 2 atom stereocenters. The molecular formula is C30H41F2N3O5. The quantitative estimate of drug-likeness (QED) is 0.251. The van der Waals surface area contributed by atoms with Crippen molar-refractivity contribution < 1.29 is 32.5 Å². The number of likely N-dealkylation sites (tertiary alicyclic amines) is 1. The summed E-state index contributed by atoms with van der Waals surface area (Å²) in [5.74, 6) is 1.26. The topological polar surface area (TPSA) is 82.2 Å². The lowest BCUT2D eigenvalue weighted by molar-refractivity contribution is -0.141. The van der Waals surface area contributed by atoms with E-state index in [4.69, 9.17) is 23.9 Å². The maximum atomic E-state index is 15.9. The average molecular weight is 562 g/mol. The smallest absolute Gasteiger partial charge is 0.306 e. The monoisotopic (exact) mass is 561 g/mol. The van der Waals surface area contributed by atoms with E-state index in [1.54, 1.807) is 19.2 Å². The molecule has 1 aromatic heterocycles. The first-order chi connectivity index (χ1) is 19.4. The molecule has 10 heteroatoms. The molecule has 2 unspecified atom stereocenters. The van der Waals surface area contributed by atoms with Crippen LogP contribution in [0.2, 0.25) is 0 Å². The molecule has 1 fully saturated rings. The summed E-state index contributed by atoms with van der Waals surface area (Å²) in [6, 6.07) is 9.45. The number of hydrogen-bond acceptors (Lipinski definition) is 8. The lowest BCUT2D eigenvalue weighted by Crippen LogP contribution is -2.33. The zero-order valence-corrected chi connectivity index (χ0v) is 23.6. The first kappa shape index (κ1) is 30.0. The van der Waals surface area contributed by atoms with Crippen molar-refractivity contribution in [2.24, 2.45) is 0 Å². The van der Waals surface area contributed by atoms with E-state index < -0.39 is 12.3 Å². The summed E-state index contributed by atoms with van der Waals surface area (Å²) in [4.78, 5) is 19.1. The fourth-order valence-electron chi connectivity index (χ4n) is 5.42. The third-order valence-corrected chi connectivity index (χ3v) is 7.56. The molecule has 4 rings (SSSR count). The summed E-state index contributed by atoms with van der Waals surface area (Å²) in [6.07, 6.45) is 3.62. The van der Waals surface area contributed by atoms with Gasteiger partial charge in [0, 0.05) is 51.0 Å². The van der Waals surface area contributed by atoms with Crippen LogP contribution in [0.3, 0.4) is 0 Å². The van der Waals surface area contributed by atoms with Crippen LogP contribution in [-0.2, 0) is 27.1 Å². The highest BCUT2D eigenvalue weighted by atomic mass is 19.1. The molecule has 220 valence electrons. The molecule has 0 amide bonds. The van der Waals surface area contributed by atoms with Crippen molar-refractivity contribution in [1.29, 1.82) is 0 Å². The molecule has 2 aliphatic rings. The molecule has 3 heterocycles. The van der Waals surface area contributed by atoms with E-state index in [0.29, 0.717) is 57.1 Å². The zero-order chi connectivity index (χ0) is 28.4. The number of alkyl halides is 2. The summed E-state index contributed by atoms with van der Waals surface area (Å²) < 4.78 is 50.1. The minimum absolute atomic E-state index is 0.0890. The van der Waals surface area contributed by atoms with E-state index >= 15 is 4.39 Å². The molecule has 0 saturated carbocycles. The van der Waals surface area contributed by atoms with Gasteiger partial charge in [0.1, 0.15) is 42.9 Å². The van der Waals surface area contributed by atoms with Gasteiger partial charge in [-0.1, -0.05) is 6.07 Å². The van der Waals surface area contributed by atoms with Gasteiger partial charge in [0.2, 0.25) is 0 Å². The van der Waals surface area contributed by atoms with E-state index in [1.165, 1.54) is 12.7 Å². The van der Waals surface area contributed by atoms with Crippen molar-refractivity contribution >= 4 is 11.8 Å². The first-order valence-corrected chi connectivity index (χ1v) is 14.1. The fraction of sp³-hybridized carbons (Fsp3) is 0.600. The van der Waals surface area contributed by atoms with Crippen LogP contribution in [0.1, 0.15) is 48.4 Å². The van der Waals surface area contributed by atoms with Gasteiger partial charge in [-0.2, -0.15) is 0 Å². The number of halogens is 2. The number of nitrogens with one attached hydrogen (secondary N) is 1. The molecule has 0 aliphatic carbocycles. The molecule has 8 nitrogen and oxygen atoms in total. The van der Waals surface area contributed by atoms with Gasteiger partial charge in [-0.15, -0.1) is 0 Å². The van der Waals surface area contributed by atoms with Crippen molar-refractivity contribution in [2.45, 2.75) is 50.1 Å². The normalized spacial score (nSPS) is 19.5. The molecule has 40 heavy (non-hydrogen) atoms. The number of carbonyl (C=O) groups is 1. The minimum atomic E-state index is -1.33. The van der Waals surface area contributed by atoms with Gasteiger partial charge in [0.25, 0.3) is 0 Å². The number of nitrogens with zero attached hydrogens (tertiary/aromatic N) is 2. The molecule has 2 aromatic rings. The zero-order valence-electron chi connectivity index (χ0n) is 23.6. The second-order valence-electron chi connectivity index (χ2n) is 10.6. The maximum Gasteiger partial charge on any atom is 0.306 e. The second-order valence-corrected chi connectivity index (χ2v) is 10.6. The van der Waals surface area contributed by atoms with Gasteiger partial charge in [-0.25, -0.2) is 13.8 Å². The average Bonchev–Trinajstić information content (AvgIpc) is 3.35. The Hall–Kier alpha value is -2.98. The van der Waals surface area contributed by atoms with Crippen molar-refractivity contribution in [2.75, 3.05) is 72.2 Å². The van der Waals surface area contributed by atoms with Crippen LogP contribution in [-0.4, -0.2) is 88.4 Å². The van der Waals surface area contributed by atoms with Crippen molar-refractivity contribution in [1.82, 2.24) is 9.88 Å². The first-order valence-electron chi connectivity index (χ1n) is 14.1. The SMILES string of the molecule is COCCOc1cc(OCCF)cc(C(CC(=O)OC)CN2CCC(F)(CCc3ccc4c(n3)NCCC4)C2)c1. The Balaban J connectivity index is 1.43. The Kier molecular flexibility index (Phi) is 10.9. The maximum absolute atomic E-state index is 15.9. The van der Waals surface area contributed by atoms with Gasteiger partial charge in [-0.3, -0.25) is 9.69 Å². The predicted molar refractivity (Wildman–Crippen MR) is 149 cm³/mol. The Bertz CT molecular complexity index is 1120. The van der Waals surface area contributed by atoms with E-state index in [9.17, 15) is 9.18 Å². The summed E-state index contributed by atoms with van der Waals surface area (Å²) in [5, 5.41) is 3.34. The second kappa shape index (κ2) is 14.6. The van der Waals surface area contributed by atoms with E-state index in [2.05, 4.69) is 16.3 Å². The highest BCUT2D eigenvalue weighted by molar-refractivity contribution is 5.70. The highest BCUT2D eigenvalue weighted by Gasteiger charge is 2.39. The van der Waals surface area contributed by atoms with Crippen LogP contribution >= 0.6 is 0 Å². The summed E-state index contributed by atoms with van der Waals surface area (Å²) in [6.45, 7) is 2.27. The number of carbonyl (C=O) groups excluding carboxylic acids is 1. The Morgan fingerprint density at radius 1 is 1.15 bits per heavy atom. The number of benzene rings is 1. The van der Waals surface area contributed by atoms with Crippen LogP contribution in [0.15, 0.2) is 30.3 Å². The van der Waals surface area contributed by atoms with Crippen molar-refractivity contribution in [3.8, 4) is 11.5 Å². The van der Waals surface area contributed by atoms with Crippen LogP contribution in [0, 0.1) is 0 Å². The third-order valence-electron chi connectivity index (χ3n) is 7.56. The fourth-order valence-corrected chi connectivity index (χ4v) is 5.42. The largest absolute Gasteiger partial charge is 0.491 e. The van der Waals surface area contributed by atoms with Crippen LogP contribution in [0.5, 0.6) is 11.5 Å². The summed E-state index contributed by atoms with van der Waals surface area (Å²) in [7, 11) is 2.94. The molecule has 0 spiro atoms. The lowest BCUT2D eigenvalue weighted by Gasteiger charge is -2.26. The van der Waals surface area contributed by atoms with Crippen LogP contribution < -0.4 is 14.8 Å². The predicted octanol–water partition coefficient (Wildman–Crippen LogP) is 4.51. The standard InChI is InChI=1S/C30H41F2N3O5/c1-37-14-15-40-27-17-23(16-26(19-27)39-13-10-31)24(18-28(36)38-2)20-35-12-9-30(32,21-35)8-7-25-6-5-22-4-3-11-33-29(22)34-25/h5-6,16-17,19,24H,3-4,7-15,18,20-21H2,1-2H3,(H,33,34). The number of methoxy groups -OCH3 is 2. The van der Waals surface area contributed by atoms with Gasteiger partial charge in [0.05, 0.1) is 20.1 Å². The lowest BCUT2D eigenvalue weighted by atomic mass is 9.94. The number of aryl methyl sites for hydroxylation is 2.